The normalized spacial score (nSPS) is 20.8. The summed E-state index contributed by atoms with van der Waals surface area (Å²) in [5.74, 6) is -1.24. The van der Waals surface area contributed by atoms with Crippen LogP contribution in [0.3, 0.4) is 0 Å². The molecule has 0 spiro atoms. The van der Waals surface area contributed by atoms with Crippen molar-refractivity contribution in [3.05, 3.63) is 84.2 Å². The molecule has 48 heavy (non-hydrogen) atoms. The Kier molecular flexibility index (Phi) is 12.6. The van der Waals surface area contributed by atoms with E-state index in [1.807, 2.05) is 13.8 Å². The number of nitrogens with one attached hydrogen (secondary N) is 1. The Morgan fingerprint density at radius 1 is 1.00 bits per heavy atom. The van der Waals surface area contributed by atoms with E-state index in [0.29, 0.717) is 19.4 Å². The molecule has 3 aromatic carbocycles. The number of benzene rings is 3. The molecule has 1 aliphatic heterocycles. The molecule has 0 aromatic heterocycles. The number of anilines is 1. The second-order valence-electron chi connectivity index (χ2n) is 12.2. The molecule has 1 amide bonds. The van der Waals surface area contributed by atoms with Gasteiger partial charge >= 0.3 is 0 Å². The van der Waals surface area contributed by atoms with Gasteiger partial charge in [-0.25, -0.2) is 21.2 Å². The maximum absolute atomic E-state index is 14.3. The summed E-state index contributed by atoms with van der Waals surface area (Å²) in [6.45, 7) is 5.53. The lowest BCUT2D eigenvalue weighted by Crippen LogP contribution is -2.48. The van der Waals surface area contributed by atoms with E-state index in [2.05, 4.69) is 4.72 Å². The highest BCUT2D eigenvalue weighted by Crippen LogP contribution is 2.30. The third-order valence-corrected chi connectivity index (χ3v) is 11.6. The van der Waals surface area contributed by atoms with Gasteiger partial charge in [-0.3, -0.25) is 9.52 Å². The van der Waals surface area contributed by atoms with Gasteiger partial charge in [0, 0.05) is 38.3 Å². The average molecular weight is 706 g/mol. The summed E-state index contributed by atoms with van der Waals surface area (Å²) < 4.78 is 82.5. The predicted molar refractivity (Wildman–Crippen MR) is 180 cm³/mol. The number of aliphatic hydroxyl groups excluding tert-OH is 1. The molecule has 1 aliphatic rings. The van der Waals surface area contributed by atoms with Crippen LogP contribution in [0.1, 0.15) is 50.4 Å². The van der Waals surface area contributed by atoms with Gasteiger partial charge in [0.15, 0.2) is 0 Å². The first-order valence-electron chi connectivity index (χ1n) is 15.9. The lowest BCUT2D eigenvalue weighted by molar-refractivity contribution is -0.00833. The van der Waals surface area contributed by atoms with Crippen LogP contribution >= 0.6 is 0 Å². The number of halogens is 1. The van der Waals surface area contributed by atoms with Gasteiger partial charge in [-0.2, -0.15) is 4.31 Å². The predicted octanol–water partition coefficient (Wildman–Crippen LogP) is 4.74. The summed E-state index contributed by atoms with van der Waals surface area (Å²) in [5, 5.41) is 10.2. The number of rotatable bonds is 9. The van der Waals surface area contributed by atoms with Gasteiger partial charge in [0.2, 0.25) is 10.0 Å². The zero-order valence-corrected chi connectivity index (χ0v) is 29.2. The summed E-state index contributed by atoms with van der Waals surface area (Å²) in [5.41, 5.74) is 0.161. The standard InChI is InChI=1S/C34H44FN3O8S2/c1-24-21-38(25(2)23-39)34(40)31-20-28(36-47(41,42)29-16-13-27(35)14-17-29)15-18-32(31)46-26(3)10-8-9-19-45-33(24)22-37(4)48(43,44)30-11-6-5-7-12-30/h5-7,11-18,20,24-26,33,36,39H,8-10,19,21-23H2,1-4H3/t24-,25-,26+,33-/m0/s1. The van der Waals surface area contributed by atoms with Crippen molar-refractivity contribution in [2.45, 2.75) is 68.1 Å². The smallest absolute Gasteiger partial charge is 0.261 e. The van der Waals surface area contributed by atoms with Crippen LogP contribution in [0.4, 0.5) is 10.1 Å². The second-order valence-corrected chi connectivity index (χ2v) is 15.9. The fourth-order valence-electron chi connectivity index (χ4n) is 5.40. The number of aliphatic hydroxyl groups is 1. The van der Waals surface area contributed by atoms with Gasteiger partial charge in [-0.1, -0.05) is 25.1 Å². The minimum Gasteiger partial charge on any atom is -0.490 e. The van der Waals surface area contributed by atoms with Gasteiger partial charge in [-0.15, -0.1) is 0 Å². The van der Waals surface area contributed by atoms with E-state index < -0.39 is 43.9 Å². The molecule has 0 saturated carbocycles. The molecule has 11 nitrogen and oxygen atoms in total. The van der Waals surface area contributed by atoms with E-state index in [1.165, 1.54) is 46.6 Å². The lowest BCUT2D eigenvalue weighted by atomic mass is 10.0. The Bertz CT molecular complexity index is 1740. The number of likely N-dealkylation sites (N-methyl/N-ethyl adjacent to an activating group) is 1. The summed E-state index contributed by atoms with van der Waals surface area (Å²) >= 11 is 0. The number of carbonyl (C=O) groups is 1. The number of nitrogens with zero attached hydrogens (tertiary/aromatic N) is 2. The van der Waals surface area contributed by atoms with Crippen molar-refractivity contribution < 1.29 is 40.6 Å². The summed E-state index contributed by atoms with van der Waals surface area (Å²) in [7, 11) is -6.44. The third kappa shape index (κ3) is 9.32. The van der Waals surface area contributed by atoms with Crippen LogP contribution in [-0.4, -0.2) is 88.7 Å². The molecule has 0 saturated heterocycles. The van der Waals surface area contributed by atoms with Gasteiger partial charge < -0.3 is 19.5 Å². The molecule has 0 fully saturated rings. The molecule has 0 unspecified atom stereocenters. The van der Waals surface area contributed by atoms with Crippen molar-refractivity contribution in [1.29, 1.82) is 0 Å². The molecule has 2 N–H and O–H groups in total. The van der Waals surface area contributed by atoms with Crippen molar-refractivity contribution in [3.8, 4) is 5.75 Å². The highest BCUT2D eigenvalue weighted by Gasteiger charge is 2.32. The van der Waals surface area contributed by atoms with Gasteiger partial charge in [-0.05, 0) is 87.7 Å². The number of hydrogen-bond donors (Lipinski definition) is 2. The summed E-state index contributed by atoms with van der Waals surface area (Å²) in [6, 6.07) is 16.2. The van der Waals surface area contributed by atoms with Crippen LogP contribution in [0.2, 0.25) is 0 Å². The maximum Gasteiger partial charge on any atom is 0.261 e. The summed E-state index contributed by atoms with van der Waals surface area (Å²) in [4.78, 5) is 15.8. The third-order valence-electron chi connectivity index (χ3n) is 8.32. The van der Waals surface area contributed by atoms with Crippen LogP contribution in [0.5, 0.6) is 5.75 Å². The van der Waals surface area contributed by atoms with E-state index in [4.69, 9.17) is 9.47 Å². The number of amides is 1. The summed E-state index contributed by atoms with van der Waals surface area (Å²) in [6.07, 6.45) is 1.17. The Hall–Kier alpha value is -3.56. The lowest BCUT2D eigenvalue weighted by Gasteiger charge is -2.35. The van der Waals surface area contributed by atoms with Crippen molar-refractivity contribution >= 4 is 31.6 Å². The molecular weight excluding hydrogens is 662 g/mol. The average Bonchev–Trinajstić information content (AvgIpc) is 3.06. The number of carbonyl (C=O) groups excluding carboxylic acids is 1. The van der Waals surface area contributed by atoms with Crippen LogP contribution in [0.25, 0.3) is 0 Å². The van der Waals surface area contributed by atoms with Crippen LogP contribution < -0.4 is 9.46 Å². The van der Waals surface area contributed by atoms with E-state index >= 15 is 0 Å². The van der Waals surface area contributed by atoms with Gasteiger partial charge in [0.05, 0.1) is 40.2 Å². The quantitative estimate of drug-likeness (QED) is 0.325. The minimum absolute atomic E-state index is 0.0271. The SMILES string of the molecule is C[C@@H]1CCCCO[C@@H](CN(C)S(=O)(=O)c2ccccc2)[C@@H](C)CN([C@@H](C)CO)C(=O)c2cc(NS(=O)(=O)c3ccc(F)cc3)ccc2O1. The van der Waals surface area contributed by atoms with E-state index in [9.17, 15) is 31.1 Å². The Morgan fingerprint density at radius 2 is 1.69 bits per heavy atom. The van der Waals surface area contributed by atoms with Gasteiger partial charge in [0.1, 0.15) is 11.6 Å². The number of ether oxygens (including phenoxy) is 2. The van der Waals surface area contributed by atoms with Crippen LogP contribution in [0, 0.1) is 11.7 Å². The fourth-order valence-corrected chi connectivity index (χ4v) is 7.65. The number of sulfonamides is 2. The number of hydrogen-bond acceptors (Lipinski definition) is 8. The first-order valence-corrected chi connectivity index (χ1v) is 18.8. The highest BCUT2D eigenvalue weighted by atomic mass is 32.2. The highest BCUT2D eigenvalue weighted by molar-refractivity contribution is 7.92. The zero-order chi connectivity index (χ0) is 35.1. The topological polar surface area (TPSA) is 143 Å². The first-order chi connectivity index (χ1) is 22.7. The second kappa shape index (κ2) is 16.2. The minimum atomic E-state index is -4.12. The van der Waals surface area contributed by atoms with E-state index in [0.717, 1.165) is 30.7 Å². The van der Waals surface area contributed by atoms with E-state index in [-0.39, 0.29) is 58.5 Å². The fraction of sp³-hybridized carbons (Fsp3) is 0.441. The van der Waals surface area contributed by atoms with Gasteiger partial charge in [0.25, 0.3) is 15.9 Å². The van der Waals surface area contributed by atoms with Crippen LogP contribution in [-0.2, 0) is 24.8 Å². The maximum atomic E-state index is 14.3. The van der Waals surface area contributed by atoms with Crippen LogP contribution in [0.15, 0.2) is 82.6 Å². The molecule has 1 heterocycles. The molecule has 262 valence electrons. The first kappa shape index (κ1) is 37.3. The molecule has 0 aliphatic carbocycles. The van der Waals surface area contributed by atoms with Crippen molar-refractivity contribution in [1.82, 2.24) is 9.21 Å². The zero-order valence-electron chi connectivity index (χ0n) is 27.6. The van der Waals surface area contributed by atoms with Crippen molar-refractivity contribution in [2.24, 2.45) is 5.92 Å². The Labute approximate surface area is 282 Å². The monoisotopic (exact) mass is 705 g/mol. The van der Waals surface area contributed by atoms with E-state index in [1.54, 1.807) is 25.1 Å². The molecule has 4 rings (SSSR count). The molecular formula is C34H44FN3O8S2. The number of fused-ring (bicyclic) bond motifs is 1. The largest absolute Gasteiger partial charge is 0.490 e. The molecule has 4 atom stereocenters. The van der Waals surface area contributed by atoms with Crippen molar-refractivity contribution in [2.75, 3.05) is 38.1 Å². The molecule has 0 radical (unpaired) electrons. The Morgan fingerprint density at radius 3 is 2.35 bits per heavy atom. The molecule has 3 aromatic rings. The van der Waals surface area contributed by atoms with Crippen molar-refractivity contribution in [3.63, 3.8) is 0 Å². The Balaban J connectivity index is 1.68. The molecule has 14 heteroatoms. The molecule has 0 bridgehead atoms.